The van der Waals surface area contributed by atoms with Gasteiger partial charge in [0.15, 0.2) is 0 Å². The Labute approximate surface area is 81.4 Å². The first kappa shape index (κ1) is 10.7. The molecule has 0 saturated heterocycles. The lowest BCUT2D eigenvalue weighted by Crippen LogP contribution is -2.25. The lowest BCUT2D eigenvalue weighted by molar-refractivity contribution is 0.122. The standard InChI is InChI=1S/C11H21NO/c1-3-10(2)12-7-4-8-13-9-11-5-6-11/h3,10-12H,1,4-9H2,2H3. The summed E-state index contributed by atoms with van der Waals surface area (Å²) in [5.74, 6) is 0.889. The normalized spacial score (nSPS) is 18.5. The van der Waals surface area contributed by atoms with Crippen molar-refractivity contribution in [3.8, 4) is 0 Å². The smallest absolute Gasteiger partial charge is 0.0494 e. The molecule has 1 rings (SSSR count). The Balaban J connectivity index is 1.75. The maximum Gasteiger partial charge on any atom is 0.0494 e. The Hall–Kier alpha value is -0.340. The minimum Gasteiger partial charge on any atom is -0.381 e. The lowest BCUT2D eigenvalue weighted by atomic mass is 10.3. The average Bonchev–Trinajstić information content (AvgIpc) is 2.94. The van der Waals surface area contributed by atoms with Gasteiger partial charge in [0.1, 0.15) is 0 Å². The summed E-state index contributed by atoms with van der Waals surface area (Å²) < 4.78 is 5.51. The van der Waals surface area contributed by atoms with E-state index in [0.717, 1.165) is 32.1 Å². The molecule has 76 valence electrons. The van der Waals surface area contributed by atoms with E-state index in [9.17, 15) is 0 Å². The van der Waals surface area contributed by atoms with Gasteiger partial charge in [0, 0.05) is 19.3 Å². The molecule has 0 aromatic carbocycles. The zero-order valence-electron chi connectivity index (χ0n) is 8.59. The van der Waals surface area contributed by atoms with Crippen molar-refractivity contribution in [3.05, 3.63) is 12.7 Å². The summed E-state index contributed by atoms with van der Waals surface area (Å²) in [6, 6.07) is 0.420. The average molecular weight is 183 g/mol. The van der Waals surface area contributed by atoms with E-state index in [1.165, 1.54) is 12.8 Å². The van der Waals surface area contributed by atoms with E-state index >= 15 is 0 Å². The third kappa shape index (κ3) is 5.83. The predicted octanol–water partition coefficient (Wildman–Crippen LogP) is 1.97. The molecule has 1 aliphatic rings. The van der Waals surface area contributed by atoms with Crippen LogP contribution in [-0.2, 0) is 4.74 Å². The largest absolute Gasteiger partial charge is 0.381 e. The van der Waals surface area contributed by atoms with Crippen LogP contribution in [0.3, 0.4) is 0 Å². The molecule has 0 bridgehead atoms. The van der Waals surface area contributed by atoms with Gasteiger partial charge in [-0.25, -0.2) is 0 Å². The molecule has 0 spiro atoms. The second-order valence-corrected chi connectivity index (χ2v) is 3.85. The molecule has 1 saturated carbocycles. The molecule has 0 heterocycles. The number of nitrogens with one attached hydrogen (secondary N) is 1. The van der Waals surface area contributed by atoms with Crippen molar-refractivity contribution in [1.29, 1.82) is 0 Å². The van der Waals surface area contributed by atoms with Crippen LogP contribution in [0.15, 0.2) is 12.7 Å². The molecule has 1 fully saturated rings. The molecule has 2 heteroatoms. The molecule has 1 aliphatic carbocycles. The third-order valence-electron chi connectivity index (χ3n) is 2.34. The molecule has 1 unspecified atom stereocenters. The van der Waals surface area contributed by atoms with Crippen LogP contribution in [0.4, 0.5) is 0 Å². The van der Waals surface area contributed by atoms with Crippen LogP contribution < -0.4 is 5.32 Å². The Kier molecular flexibility index (Phi) is 5.09. The first-order valence-electron chi connectivity index (χ1n) is 5.26. The fourth-order valence-electron chi connectivity index (χ4n) is 1.12. The molecule has 1 atom stereocenters. The Morgan fingerprint density at radius 3 is 3.00 bits per heavy atom. The first-order chi connectivity index (χ1) is 6.33. The highest BCUT2D eigenvalue weighted by atomic mass is 16.5. The summed E-state index contributed by atoms with van der Waals surface area (Å²) in [4.78, 5) is 0. The zero-order valence-corrected chi connectivity index (χ0v) is 8.59. The molecule has 0 aromatic heterocycles. The lowest BCUT2D eigenvalue weighted by Gasteiger charge is -2.08. The summed E-state index contributed by atoms with van der Waals surface area (Å²) in [6.45, 7) is 8.73. The first-order valence-corrected chi connectivity index (χ1v) is 5.26. The Bertz CT molecular complexity index is 143. The van der Waals surface area contributed by atoms with E-state index < -0.39 is 0 Å². The number of hydrogen-bond acceptors (Lipinski definition) is 2. The molecular weight excluding hydrogens is 162 g/mol. The van der Waals surface area contributed by atoms with Crippen molar-refractivity contribution in [1.82, 2.24) is 5.32 Å². The van der Waals surface area contributed by atoms with Crippen LogP contribution in [-0.4, -0.2) is 25.8 Å². The van der Waals surface area contributed by atoms with Gasteiger partial charge in [0.2, 0.25) is 0 Å². The second kappa shape index (κ2) is 6.17. The molecule has 0 aromatic rings. The quantitative estimate of drug-likeness (QED) is 0.459. The summed E-state index contributed by atoms with van der Waals surface area (Å²) in [5, 5.41) is 3.34. The highest BCUT2D eigenvalue weighted by molar-refractivity contribution is 4.80. The molecule has 0 radical (unpaired) electrons. The third-order valence-corrected chi connectivity index (χ3v) is 2.34. The Morgan fingerprint density at radius 1 is 1.62 bits per heavy atom. The topological polar surface area (TPSA) is 21.3 Å². The summed E-state index contributed by atoms with van der Waals surface area (Å²) >= 11 is 0. The van der Waals surface area contributed by atoms with Gasteiger partial charge in [-0.15, -0.1) is 6.58 Å². The van der Waals surface area contributed by atoms with Crippen molar-refractivity contribution in [3.63, 3.8) is 0 Å². The summed E-state index contributed by atoms with van der Waals surface area (Å²) in [6.07, 6.45) is 5.79. The van der Waals surface area contributed by atoms with Crippen molar-refractivity contribution in [2.75, 3.05) is 19.8 Å². The van der Waals surface area contributed by atoms with Crippen LogP contribution in [0.2, 0.25) is 0 Å². The molecule has 0 amide bonds. The van der Waals surface area contributed by atoms with E-state index in [1.807, 2.05) is 6.08 Å². The van der Waals surface area contributed by atoms with Crippen molar-refractivity contribution < 1.29 is 4.74 Å². The van der Waals surface area contributed by atoms with E-state index in [4.69, 9.17) is 4.74 Å². The SMILES string of the molecule is C=CC(C)NCCCOCC1CC1. The second-order valence-electron chi connectivity index (χ2n) is 3.85. The van der Waals surface area contributed by atoms with Crippen molar-refractivity contribution in [2.24, 2.45) is 5.92 Å². The van der Waals surface area contributed by atoms with Gasteiger partial charge in [0.25, 0.3) is 0 Å². The number of ether oxygens (including phenoxy) is 1. The van der Waals surface area contributed by atoms with Crippen LogP contribution in [0.1, 0.15) is 26.2 Å². The Morgan fingerprint density at radius 2 is 2.38 bits per heavy atom. The van der Waals surface area contributed by atoms with E-state index in [-0.39, 0.29) is 0 Å². The van der Waals surface area contributed by atoms with Gasteiger partial charge in [0.05, 0.1) is 0 Å². The van der Waals surface area contributed by atoms with Crippen molar-refractivity contribution >= 4 is 0 Å². The van der Waals surface area contributed by atoms with E-state index in [2.05, 4.69) is 18.8 Å². The minimum absolute atomic E-state index is 0.420. The highest BCUT2D eigenvalue weighted by Crippen LogP contribution is 2.28. The number of rotatable bonds is 8. The maximum absolute atomic E-state index is 5.51. The molecule has 2 nitrogen and oxygen atoms in total. The van der Waals surface area contributed by atoms with Gasteiger partial charge >= 0.3 is 0 Å². The predicted molar refractivity (Wildman–Crippen MR) is 55.8 cm³/mol. The summed E-state index contributed by atoms with van der Waals surface area (Å²) in [7, 11) is 0. The molecule has 13 heavy (non-hydrogen) atoms. The number of hydrogen-bond donors (Lipinski definition) is 1. The van der Waals surface area contributed by atoms with Gasteiger partial charge in [-0.1, -0.05) is 6.08 Å². The monoisotopic (exact) mass is 183 g/mol. The fraction of sp³-hybridized carbons (Fsp3) is 0.818. The molecule has 0 aliphatic heterocycles. The van der Waals surface area contributed by atoms with E-state index in [0.29, 0.717) is 6.04 Å². The van der Waals surface area contributed by atoms with Gasteiger partial charge in [-0.05, 0) is 38.6 Å². The van der Waals surface area contributed by atoms with Crippen LogP contribution in [0, 0.1) is 5.92 Å². The van der Waals surface area contributed by atoms with Crippen LogP contribution in [0.25, 0.3) is 0 Å². The van der Waals surface area contributed by atoms with E-state index in [1.54, 1.807) is 0 Å². The molecular formula is C11H21NO. The summed E-state index contributed by atoms with van der Waals surface area (Å²) in [5.41, 5.74) is 0. The van der Waals surface area contributed by atoms with Crippen LogP contribution in [0.5, 0.6) is 0 Å². The zero-order chi connectivity index (χ0) is 9.52. The molecule has 1 N–H and O–H groups in total. The van der Waals surface area contributed by atoms with Crippen LogP contribution >= 0.6 is 0 Å². The highest BCUT2D eigenvalue weighted by Gasteiger charge is 2.20. The van der Waals surface area contributed by atoms with Crippen molar-refractivity contribution in [2.45, 2.75) is 32.2 Å². The van der Waals surface area contributed by atoms with Gasteiger partial charge < -0.3 is 10.1 Å². The minimum atomic E-state index is 0.420. The fourth-order valence-corrected chi connectivity index (χ4v) is 1.12. The van der Waals surface area contributed by atoms with Gasteiger partial charge in [-0.3, -0.25) is 0 Å². The maximum atomic E-state index is 5.51. The van der Waals surface area contributed by atoms with Gasteiger partial charge in [-0.2, -0.15) is 0 Å².